The van der Waals surface area contributed by atoms with Crippen molar-refractivity contribution in [2.45, 2.75) is 52.9 Å². The van der Waals surface area contributed by atoms with Crippen LogP contribution in [0.5, 0.6) is 0 Å². The van der Waals surface area contributed by atoms with Crippen molar-refractivity contribution >= 4 is 22.3 Å². The van der Waals surface area contributed by atoms with Gasteiger partial charge in [0.15, 0.2) is 11.0 Å². The highest BCUT2D eigenvalue weighted by molar-refractivity contribution is 6.27. The van der Waals surface area contributed by atoms with Crippen LogP contribution in [0.1, 0.15) is 61.9 Å². The highest BCUT2D eigenvalue weighted by atomic mass is 16.5. The molecule has 5 nitrogen and oxygen atoms in total. The second kappa shape index (κ2) is 6.16. The Labute approximate surface area is 165 Å². The van der Waals surface area contributed by atoms with Crippen molar-refractivity contribution in [3.63, 3.8) is 0 Å². The van der Waals surface area contributed by atoms with Crippen molar-refractivity contribution in [1.82, 2.24) is 10.1 Å². The van der Waals surface area contributed by atoms with Crippen LogP contribution in [-0.2, 0) is 7.05 Å². The molecule has 0 bridgehead atoms. The van der Waals surface area contributed by atoms with Crippen LogP contribution in [0.3, 0.4) is 0 Å². The number of fused-ring (bicyclic) bond motifs is 1. The average Bonchev–Trinajstić information content (AvgIpc) is 3.23. The summed E-state index contributed by atoms with van der Waals surface area (Å²) >= 11 is 0. The summed E-state index contributed by atoms with van der Waals surface area (Å²) < 4.78 is 7.83. The van der Waals surface area contributed by atoms with Gasteiger partial charge in [0.2, 0.25) is 0 Å². The van der Waals surface area contributed by atoms with Gasteiger partial charge in [0.1, 0.15) is 5.76 Å². The number of aryl methyl sites for hydroxylation is 3. The van der Waals surface area contributed by atoms with E-state index in [9.17, 15) is 0 Å². The van der Waals surface area contributed by atoms with Gasteiger partial charge in [0.25, 0.3) is 5.82 Å². The quantitative estimate of drug-likeness (QED) is 0.670. The van der Waals surface area contributed by atoms with Crippen molar-refractivity contribution in [3.8, 4) is 11.1 Å². The molecule has 1 aromatic carbocycles. The molecule has 1 aliphatic carbocycles. The fourth-order valence-electron chi connectivity index (χ4n) is 4.85. The summed E-state index contributed by atoms with van der Waals surface area (Å²) in [5.41, 5.74) is 10.6. The van der Waals surface area contributed by atoms with Gasteiger partial charge in [-0.15, -0.1) is 0 Å². The predicted octanol–water partition coefficient (Wildman–Crippen LogP) is 4.78. The minimum absolute atomic E-state index is 0.640. The standard InChI is InChI=1S/C23H26N4O/c1-12-11-24-13(2)20(12)18-9-17(21-14(3)26-28-15(21)4)10-19-22(18)27(5)23(25-19)16-7-6-8-16/h9-10,16H,6-8,11H2,1-5H3/p+1. The van der Waals surface area contributed by atoms with Crippen molar-refractivity contribution < 1.29 is 9.09 Å². The van der Waals surface area contributed by atoms with Gasteiger partial charge in [0.05, 0.1) is 25.2 Å². The van der Waals surface area contributed by atoms with E-state index in [2.05, 4.69) is 47.7 Å². The van der Waals surface area contributed by atoms with Gasteiger partial charge < -0.3 is 4.52 Å². The molecule has 1 fully saturated rings. The van der Waals surface area contributed by atoms with Crippen LogP contribution in [0.4, 0.5) is 0 Å². The van der Waals surface area contributed by atoms with E-state index in [0.29, 0.717) is 5.92 Å². The molecule has 3 aromatic rings. The third-order valence-electron chi connectivity index (χ3n) is 6.49. The van der Waals surface area contributed by atoms with E-state index >= 15 is 0 Å². The summed E-state index contributed by atoms with van der Waals surface area (Å²) in [6.45, 7) is 9.11. The van der Waals surface area contributed by atoms with Crippen LogP contribution in [0.15, 0.2) is 27.2 Å². The molecular weight excluding hydrogens is 348 g/mol. The number of hydrogen-bond donors (Lipinski definition) is 1. The molecule has 1 N–H and O–H groups in total. The van der Waals surface area contributed by atoms with E-state index in [1.165, 1.54) is 52.8 Å². The molecule has 5 rings (SSSR count). The lowest BCUT2D eigenvalue weighted by Gasteiger charge is -2.20. The number of aromatic nitrogens is 3. The Balaban J connectivity index is 1.83. The van der Waals surface area contributed by atoms with Crippen molar-refractivity contribution in [2.75, 3.05) is 6.54 Å². The van der Waals surface area contributed by atoms with Crippen LogP contribution in [0, 0.1) is 13.8 Å². The van der Waals surface area contributed by atoms with E-state index in [-0.39, 0.29) is 0 Å². The molecule has 0 radical (unpaired) electrons. The van der Waals surface area contributed by atoms with Crippen LogP contribution < -0.4 is 4.57 Å². The van der Waals surface area contributed by atoms with Crippen molar-refractivity contribution in [3.05, 3.63) is 40.5 Å². The van der Waals surface area contributed by atoms with Crippen LogP contribution in [0.25, 0.3) is 27.7 Å². The van der Waals surface area contributed by atoms with E-state index in [1.54, 1.807) is 0 Å². The van der Waals surface area contributed by atoms with Gasteiger partial charge in [-0.05, 0) is 63.8 Å². The van der Waals surface area contributed by atoms with Gasteiger partial charge in [-0.2, -0.15) is 0 Å². The highest BCUT2D eigenvalue weighted by Gasteiger charge is 2.32. The lowest BCUT2D eigenvalue weighted by molar-refractivity contribution is -0.655. The van der Waals surface area contributed by atoms with Crippen LogP contribution in [0.2, 0.25) is 0 Å². The molecular formula is C23H27N4O+. The molecule has 2 aromatic heterocycles. The summed E-state index contributed by atoms with van der Waals surface area (Å²) in [5.74, 6) is 2.84. The summed E-state index contributed by atoms with van der Waals surface area (Å²) in [7, 11) is 2.20. The van der Waals surface area contributed by atoms with Gasteiger partial charge >= 0.3 is 0 Å². The van der Waals surface area contributed by atoms with Gasteiger partial charge in [-0.3, -0.25) is 4.99 Å². The second-order valence-corrected chi connectivity index (χ2v) is 8.37. The zero-order valence-electron chi connectivity index (χ0n) is 17.3. The molecule has 0 unspecified atom stereocenters. The minimum atomic E-state index is 0.640. The predicted molar refractivity (Wildman–Crippen MR) is 112 cm³/mol. The lowest BCUT2D eigenvalue weighted by atomic mass is 9.85. The molecule has 0 amide bonds. The molecule has 0 spiro atoms. The monoisotopic (exact) mass is 375 g/mol. The second-order valence-electron chi connectivity index (χ2n) is 8.37. The number of nitrogens with one attached hydrogen (secondary N) is 1. The maximum absolute atomic E-state index is 5.46. The van der Waals surface area contributed by atoms with E-state index in [1.807, 2.05) is 13.8 Å². The number of allylic oxidation sites excluding steroid dienone is 1. The van der Waals surface area contributed by atoms with Gasteiger partial charge in [-0.1, -0.05) is 11.6 Å². The Hall–Kier alpha value is -2.69. The molecule has 144 valence electrons. The molecule has 3 heterocycles. The lowest BCUT2D eigenvalue weighted by Crippen LogP contribution is -2.35. The first kappa shape index (κ1) is 17.4. The smallest absolute Gasteiger partial charge is 0.258 e. The van der Waals surface area contributed by atoms with E-state index in [0.717, 1.165) is 34.8 Å². The fourth-order valence-corrected chi connectivity index (χ4v) is 4.85. The number of aromatic amines is 1. The number of nitrogens with zero attached hydrogens (tertiary/aromatic N) is 3. The normalized spacial score (nSPS) is 17.5. The number of benzene rings is 1. The number of H-pyrrole nitrogens is 1. The van der Waals surface area contributed by atoms with Crippen molar-refractivity contribution in [1.29, 1.82) is 0 Å². The zero-order chi connectivity index (χ0) is 19.6. The SMILES string of the molecule is CC1=NCC(C)=C1c1cc(-c2c(C)noc2C)cc2[nH]c(C3CCC3)[n+](C)c12. The zero-order valence-corrected chi connectivity index (χ0v) is 17.3. The third-order valence-corrected chi connectivity index (χ3v) is 6.49. The number of aliphatic imine (C=N–C) groups is 1. The van der Waals surface area contributed by atoms with Crippen molar-refractivity contribution in [2.24, 2.45) is 12.0 Å². The Kier molecular flexibility index (Phi) is 3.83. The first-order valence-electron chi connectivity index (χ1n) is 10.2. The molecule has 28 heavy (non-hydrogen) atoms. The summed E-state index contributed by atoms with van der Waals surface area (Å²) in [6, 6.07) is 4.56. The Bertz CT molecular complexity index is 1150. The maximum atomic E-state index is 5.46. The Morgan fingerprint density at radius 1 is 1.14 bits per heavy atom. The third kappa shape index (κ3) is 2.42. The summed E-state index contributed by atoms with van der Waals surface area (Å²) in [6.07, 6.45) is 3.87. The summed E-state index contributed by atoms with van der Waals surface area (Å²) in [4.78, 5) is 8.45. The number of rotatable bonds is 3. The Morgan fingerprint density at radius 2 is 1.93 bits per heavy atom. The fraction of sp³-hybridized carbons (Fsp3) is 0.435. The largest absolute Gasteiger partial charge is 0.361 e. The molecule has 1 aliphatic heterocycles. The molecule has 1 saturated carbocycles. The van der Waals surface area contributed by atoms with Crippen LogP contribution in [-0.4, -0.2) is 22.4 Å². The van der Waals surface area contributed by atoms with Crippen LogP contribution >= 0.6 is 0 Å². The molecule has 0 atom stereocenters. The first-order chi connectivity index (χ1) is 13.5. The van der Waals surface area contributed by atoms with E-state index < -0.39 is 0 Å². The maximum Gasteiger partial charge on any atom is 0.258 e. The molecule has 5 heteroatoms. The van der Waals surface area contributed by atoms with E-state index in [4.69, 9.17) is 9.52 Å². The number of imidazole rings is 1. The summed E-state index contributed by atoms with van der Waals surface area (Å²) in [5, 5.41) is 4.18. The number of hydrogen-bond acceptors (Lipinski definition) is 3. The topological polar surface area (TPSA) is 58.1 Å². The first-order valence-corrected chi connectivity index (χ1v) is 10.2. The van der Waals surface area contributed by atoms with Gasteiger partial charge in [-0.25, -0.2) is 9.55 Å². The molecule has 2 aliphatic rings. The average molecular weight is 375 g/mol. The minimum Gasteiger partial charge on any atom is -0.361 e. The molecule has 0 saturated heterocycles. The highest BCUT2D eigenvalue weighted by Crippen LogP contribution is 2.39. The van der Waals surface area contributed by atoms with Gasteiger partial charge in [0, 0.05) is 22.4 Å². The Morgan fingerprint density at radius 3 is 2.50 bits per heavy atom.